The number of furan rings is 1. The van der Waals surface area contributed by atoms with Gasteiger partial charge < -0.3 is 15.1 Å². The van der Waals surface area contributed by atoms with Crippen molar-refractivity contribution in [2.24, 2.45) is 0 Å². The van der Waals surface area contributed by atoms with Crippen LogP contribution in [0.15, 0.2) is 41.0 Å². The van der Waals surface area contributed by atoms with Crippen LogP contribution in [0.3, 0.4) is 0 Å². The molecule has 0 bridgehead atoms. The molecule has 0 saturated carbocycles. The summed E-state index contributed by atoms with van der Waals surface area (Å²) in [6, 6.07) is 8.71. The quantitative estimate of drug-likeness (QED) is 0.892. The van der Waals surface area contributed by atoms with Crippen LogP contribution >= 0.6 is 0 Å². The van der Waals surface area contributed by atoms with Crippen molar-refractivity contribution in [1.82, 2.24) is 10.6 Å². The Labute approximate surface area is 117 Å². The number of hydrogen-bond donors (Lipinski definition) is 2. The zero-order valence-electron chi connectivity index (χ0n) is 11.4. The number of rotatable bonds is 4. The summed E-state index contributed by atoms with van der Waals surface area (Å²) in [7, 11) is 1.59. The van der Waals surface area contributed by atoms with Crippen LogP contribution in [-0.2, 0) is 6.54 Å². The first kappa shape index (κ1) is 13.9. The second kappa shape index (κ2) is 6.06. The third-order valence-corrected chi connectivity index (χ3v) is 3.00. The Morgan fingerprint density at radius 2 is 1.80 bits per heavy atom. The molecule has 1 aromatic carbocycles. The fraction of sp³-hybridized carbons (Fsp3) is 0.200. The van der Waals surface area contributed by atoms with Gasteiger partial charge in [0.25, 0.3) is 11.8 Å². The summed E-state index contributed by atoms with van der Waals surface area (Å²) in [6.07, 6.45) is 1.49. The lowest BCUT2D eigenvalue weighted by molar-refractivity contribution is 0.0944. The number of aryl methyl sites for hydroxylation is 1. The van der Waals surface area contributed by atoms with E-state index >= 15 is 0 Å². The summed E-state index contributed by atoms with van der Waals surface area (Å²) in [6.45, 7) is 2.14. The van der Waals surface area contributed by atoms with Gasteiger partial charge in [-0.05, 0) is 30.7 Å². The van der Waals surface area contributed by atoms with E-state index in [1.165, 1.54) is 6.26 Å². The molecular formula is C15H16N2O3. The lowest BCUT2D eigenvalue weighted by Gasteiger charge is -2.05. The third kappa shape index (κ3) is 3.06. The highest BCUT2D eigenvalue weighted by atomic mass is 16.3. The van der Waals surface area contributed by atoms with Crippen molar-refractivity contribution in [2.75, 3.05) is 7.05 Å². The van der Waals surface area contributed by atoms with Gasteiger partial charge in [-0.3, -0.25) is 9.59 Å². The molecule has 1 aromatic heterocycles. The predicted molar refractivity (Wildman–Crippen MR) is 74.4 cm³/mol. The molecule has 0 aliphatic rings. The summed E-state index contributed by atoms with van der Waals surface area (Å²) in [5.41, 5.74) is 2.05. The fourth-order valence-corrected chi connectivity index (χ4v) is 1.82. The Morgan fingerprint density at radius 3 is 2.35 bits per heavy atom. The molecule has 1 heterocycles. The van der Waals surface area contributed by atoms with Gasteiger partial charge in [-0.2, -0.15) is 0 Å². The standard InChI is InChI=1S/C15H16N2O3/c1-10-13(7-8-20-10)15(19)17-9-11-3-5-12(6-4-11)14(18)16-2/h3-8H,9H2,1-2H3,(H,16,18)(H,17,19). The molecule has 2 aromatic rings. The first-order valence-corrected chi connectivity index (χ1v) is 6.25. The second-order valence-electron chi connectivity index (χ2n) is 4.35. The summed E-state index contributed by atoms with van der Waals surface area (Å²) in [5, 5.41) is 5.36. The average molecular weight is 272 g/mol. The molecule has 2 amide bonds. The minimum absolute atomic E-state index is 0.130. The van der Waals surface area contributed by atoms with Gasteiger partial charge in [0.05, 0.1) is 11.8 Å². The van der Waals surface area contributed by atoms with Gasteiger partial charge in [0, 0.05) is 19.2 Å². The molecule has 5 nitrogen and oxygen atoms in total. The van der Waals surface area contributed by atoms with Gasteiger partial charge in [0.15, 0.2) is 0 Å². The minimum Gasteiger partial charge on any atom is -0.469 e. The summed E-state index contributed by atoms with van der Waals surface area (Å²) >= 11 is 0. The van der Waals surface area contributed by atoms with E-state index in [0.29, 0.717) is 23.4 Å². The monoisotopic (exact) mass is 272 g/mol. The van der Waals surface area contributed by atoms with E-state index in [0.717, 1.165) is 5.56 Å². The molecule has 0 unspecified atom stereocenters. The SMILES string of the molecule is CNC(=O)c1ccc(CNC(=O)c2ccoc2C)cc1. The Kier molecular flexibility index (Phi) is 4.20. The molecule has 0 spiro atoms. The third-order valence-electron chi connectivity index (χ3n) is 3.00. The van der Waals surface area contributed by atoms with Crippen LogP contribution in [0.1, 0.15) is 32.0 Å². The molecule has 2 N–H and O–H groups in total. The van der Waals surface area contributed by atoms with Crippen LogP contribution in [-0.4, -0.2) is 18.9 Å². The predicted octanol–water partition coefficient (Wildman–Crippen LogP) is 1.88. The number of hydrogen-bond acceptors (Lipinski definition) is 3. The van der Waals surface area contributed by atoms with E-state index < -0.39 is 0 Å². The van der Waals surface area contributed by atoms with E-state index in [1.807, 2.05) is 12.1 Å². The van der Waals surface area contributed by atoms with Gasteiger partial charge in [-0.15, -0.1) is 0 Å². The number of carbonyl (C=O) groups excluding carboxylic acids is 2. The first-order valence-electron chi connectivity index (χ1n) is 6.25. The second-order valence-corrected chi connectivity index (χ2v) is 4.35. The number of benzene rings is 1. The first-order chi connectivity index (χ1) is 9.61. The highest BCUT2D eigenvalue weighted by Crippen LogP contribution is 2.09. The van der Waals surface area contributed by atoms with Crippen molar-refractivity contribution in [3.8, 4) is 0 Å². The Morgan fingerprint density at radius 1 is 1.10 bits per heavy atom. The van der Waals surface area contributed by atoms with E-state index in [4.69, 9.17) is 4.42 Å². The highest BCUT2D eigenvalue weighted by molar-refractivity contribution is 5.95. The lowest BCUT2D eigenvalue weighted by atomic mass is 10.1. The molecule has 0 fully saturated rings. The van der Waals surface area contributed by atoms with Crippen molar-refractivity contribution < 1.29 is 14.0 Å². The number of amides is 2. The Balaban J connectivity index is 1.96. The molecule has 0 aliphatic carbocycles. The zero-order chi connectivity index (χ0) is 14.5. The summed E-state index contributed by atoms with van der Waals surface area (Å²) in [5.74, 6) is 0.290. The molecule has 0 radical (unpaired) electrons. The minimum atomic E-state index is -0.174. The van der Waals surface area contributed by atoms with E-state index in [-0.39, 0.29) is 11.8 Å². The Bertz CT molecular complexity index is 614. The van der Waals surface area contributed by atoms with E-state index in [1.54, 1.807) is 32.2 Å². The van der Waals surface area contributed by atoms with Crippen molar-refractivity contribution in [3.05, 3.63) is 59.0 Å². The van der Waals surface area contributed by atoms with Crippen LogP contribution < -0.4 is 10.6 Å². The number of carbonyl (C=O) groups is 2. The maximum absolute atomic E-state index is 11.9. The molecule has 104 valence electrons. The smallest absolute Gasteiger partial charge is 0.255 e. The number of nitrogens with one attached hydrogen (secondary N) is 2. The van der Waals surface area contributed by atoms with E-state index in [9.17, 15) is 9.59 Å². The molecule has 0 aliphatic heterocycles. The maximum Gasteiger partial charge on any atom is 0.255 e. The van der Waals surface area contributed by atoms with Crippen LogP contribution in [0.2, 0.25) is 0 Å². The van der Waals surface area contributed by atoms with Crippen LogP contribution in [0, 0.1) is 6.92 Å². The van der Waals surface area contributed by atoms with Crippen LogP contribution in [0.5, 0.6) is 0 Å². The van der Waals surface area contributed by atoms with Gasteiger partial charge in [-0.25, -0.2) is 0 Å². The van der Waals surface area contributed by atoms with Crippen molar-refractivity contribution >= 4 is 11.8 Å². The maximum atomic E-state index is 11.9. The molecule has 20 heavy (non-hydrogen) atoms. The topological polar surface area (TPSA) is 71.3 Å². The fourth-order valence-electron chi connectivity index (χ4n) is 1.82. The average Bonchev–Trinajstić information content (AvgIpc) is 2.90. The van der Waals surface area contributed by atoms with Gasteiger partial charge in [0.2, 0.25) is 0 Å². The van der Waals surface area contributed by atoms with Crippen LogP contribution in [0.4, 0.5) is 0 Å². The summed E-state index contributed by atoms with van der Waals surface area (Å²) in [4.78, 5) is 23.3. The van der Waals surface area contributed by atoms with Gasteiger partial charge in [-0.1, -0.05) is 12.1 Å². The van der Waals surface area contributed by atoms with Crippen molar-refractivity contribution in [2.45, 2.75) is 13.5 Å². The van der Waals surface area contributed by atoms with Gasteiger partial charge >= 0.3 is 0 Å². The highest BCUT2D eigenvalue weighted by Gasteiger charge is 2.10. The Hall–Kier alpha value is -2.56. The van der Waals surface area contributed by atoms with E-state index in [2.05, 4.69) is 10.6 Å². The lowest BCUT2D eigenvalue weighted by Crippen LogP contribution is -2.23. The molecule has 0 saturated heterocycles. The van der Waals surface area contributed by atoms with Crippen molar-refractivity contribution in [3.63, 3.8) is 0 Å². The zero-order valence-corrected chi connectivity index (χ0v) is 11.4. The van der Waals surface area contributed by atoms with Crippen LogP contribution in [0.25, 0.3) is 0 Å². The molecule has 2 rings (SSSR count). The molecule has 0 atom stereocenters. The molecular weight excluding hydrogens is 256 g/mol. The van der Waals surface area contributed by atoms with Gasteiger partial charge in [0.1, 0.15) is 5.76 Å². The largest absolute Gasteiger partial charge is 0.469 e. The normalized spacial score (nSPS) is 10.1. The van der Waals surface area contributed by atoms with Crippen molar-refractivity contribution in [1.29, 1.82) is 0 Å². The molecule has 5 heteroatoms. The summed E-state index contributed by atoms with van der Waals surface area (Å²) < 4.78 is 5.09.